The molecule has 1 fully saturated rings. The summed E-state index contributed by atoms with van der Waals surface area (Å²) in [5.74, 6) is -5.24. The Morgan fingerprint density at radius 2 is 1.81 bits per heavy atom. The summed E-state index contributed by atoms with van der Waals surface area (Å²) in [6.45, 7) is 4.99. The minimum atomic E-state index is -2.69. The maximum Gasteiger partial charge on any atom is 0.255 e. The number of carbonyl (C=O) groups is 3. The van der Waals surface area contributed by atoms with Gasteiger partial charge in [0.15, 0.2) is 17.0 Å². The van der Waals surface area contributed by atoms with Crippen LogP contribution in [-0.4, -0.2) is 89.5 Å². The molecule has 0 aromatic heterocycles. The van der Waals surface area contributed by atoms with Crippen molar-refractivity contribution >= 4 is 28.9 Å². The predicted octanol–water partition coefficient (Wildman–Crippen LogP) is -0.283. The maximum atomic E-state index is 14.5. The van der Waals surface area contributed by atoms with Crippen LogP contribution in [0, 0.1) is 22.7 Å². The predicted molar refractivity (Wildman–Crippen MR) is 155 cm³/mol. The lowest BCUT2D eigenvalue weighted by Crippen LogP contribution is -2.80. The summed E-state index contributed by atoms with van der Waals surface area (Å²) < 4.78 is 0. The highest BCUT2D eigenvalue weighted by Gasteiger charge is 2.74. The fourth-order valence-electron chi connectivity index (χ4n) is 6.96. The molecule has 0 radical (unpaired) electrons. The SMILES string of the molecule is CC(C)CNCc1cc(N(C)C)c2c(c1O)C(O)=C1C(=O)[C@]3(C#N)C(O)=C(C(N)=O)C(=O)[C@@H](N(C)C)[C@]3(N)C[C@]1(N)C2. The Hall–Kier alpha value is -3.96. The van der Waals surface area contributed by atoms with Crippen molar-refractivity contribution in [3.05, 3.63) is 39.7 Å². The third-order valence-electron chi connectivity index (χ3n) is 8.66. The Labute approximate surface area is 244 Å². The van der Waals surface area contributed by atoms with Crippen molar-refractivity contribution in [3.8, 4) is 11.8 Å². The van der Waals surface area contributed by atoms with Crippen LogP contribution in [0.3, 0.4) is 0 Å². The van der Waals surface area contributed by atoms with E-state index in [0.29, 0.717) is 29.3 Å². The van der Waals surface area contributed by atoms with Crippen LogP contribution < -0.4 is 27.4 Å². The van der Waals surface area contributed by atoms with Crippen LogP contribution in [0.4, 0.5) is 5.69 Å². The van der Waals surface area contributed by atoms with Gasteiger partial charge in [-0.3, -0.25) is 19.3 Å². The quantitative estimate of drug-likeness (QED) is 0.206. The third-order valence-corrected chi connectivity index (χ3v) is 8.66. The van der Waals surface area contributed by atoms with Crippen LogP contribution in [0.15, 0.2) is 23.0 Å². The van der Waals surface area contributed by atoms with Gasteiger partial charge in [-0.2, -0.15) is 5.26 Å². The molecule has 10 N–H and O–H groups in total. The molecule has 1 saturated carbocycles. The summed E-state index contributed by atoms with van der Waals surface area (Å²) in [5, 5.41) is 48.3. The molecule has 0 saturated heterocycles. The number of phenolic OH excluding ortho intramolecular Hbond substituents is 1. The van der Waals surface area contributed by atoms with E-state index in [0.717, 1.165) is 0 Å². The van der Waals surface area contributed by atoms with Gasteiger partial charge in [0.05, 0.1) is 34.3 Å². The summed E-state index contributed by atoms with van der Waals surface area (Å²) in [6, 6.07) is 2.10. The lowest BCUT2D eigenvalue weighted by atomic mass is 9.47. The molecule has 42 heavy (non-hydrogen) atoms. The van der Waals surface area contributed by atoms with Crippen molar-refractivity contribution < 1.29 is 29.7 Å². The number of hydrogen-bond donors (Lipinski definition) is 7. The molecule has 3 aliphatic rings. The number of likely N-dealkylation sites (N-methyl/N-ethyl adjacent to an activating group) is 1. The van der Waals surface area contributed by atoms with E-state index < -0.39 is 69.1 Å². The number of rotatable bonds is 7. The first-order valence-corrected chi connectivity index (χ1v) is 13.6. The van der Waals surface area contributed by atoms with Gasteiger partial charge in [0.1, 0.15) is 22.8 Å². The summed E-state index contributed by atoms with van der Waals surface area (Å²) in [4.78, 5) is 43.5. The number of carbonyl (C=O) groups excluding carboxylic acids is 3. The van der Waals surface area contributed by atoms with Crippen molar-refractivity contribution in [1.82, 2.24) is 10.2 Å². The van der Waals surface area contributed by atoms with E-state index in [1.54, 1.807) is 31.1 Å². The number of Topliss-reactive ketones (excluding diaryl/α,β-unsaturated/α-hetero) is 2. The fourth-order valence-corrected chi connectivity index (χ4v) is 6.96. The topological polar surface area (TPSA) is 232 Å². The van der Waals surface area contributed by atoms with E-state index in [1.165, 1.54) is 19.0 Å². The normalized spacial score (nSPS) is 28.9. The van der Waals surface area contributed by atoms with Gasteiger partial charge in [0.2, 0.25) is 0 Å². The van der Waals surface area contributed by atoms with Crippen LogP contribution >= 0.6 is 0 Å². The third kappa shape index (κ3) is 4.01. The number of ketones is 2. The molecule has 1 amide bonds. The first-order chi connectivity index (χ1) is 19.4. The molecule has 1 aromatic rings. The molecular formula is C29H39N7O6. The number of aromatic hydroxyl groups is 1. The summed E-state index contributed by atoms with van der Waals surface area (Å²) >= 11 is 0. The Morgan fingerprint density at radius 1 is 1.19 bits per heavy atom. The zero-order valence-corrected chi connectivity index (χ0v) is 24.7. The van der Waals surface area contributed by atoms with Gasteiger partial charge < -0.3 is 42.7 Å². The number of aliphatic hydroxyl groups is 2. The Balaban J connectivity index is 2.07. The lowest BCUT2D eigenvalue weighted by molar-refractivity contribution is -0.139. The van der Waals surface area contributed by atoms with Gasteiger partial charge in [0.25, 0.3) is 5.91 Å². The number of anilines is 1. The Morgan fingerprint density at radius 3 is 2.31 bits per heavy atom. The number of aliphatic hydroxyl groups excluding tert-OH is 2. The highest BCUT2D eigenvalue weighted by Crippen LogP contribution is 2.59. The molecule has 3 aliphatic carbocycles. The van der Waals surface area contributed by atoms with E-state index in [9.17, 15) is 35.0 Å². The summed E-state index contributed by atoms with van der Waals surface area (Å²) in [5.41, 5.74) is 12.8. The fraction of sp³-hybridized carbons (Fsp3) is 0.517. The first-order valence-electron chi connectivity index (χ1n) is 13.6. The number of primary amides is 1. The molecular weight excluding hydrogens is 542 g/mol. The molecule has 0 bridgehead atoms. The number of nitrogens with one attached hydrogen (secondary N) is 1. The van der Waals surface area contributed by atoms with E-state index in [-0.39, 0.29) is 24.3 Å². The molecule has 13 nitrogen and oxygen atoms in total. The second-order valence-corrected chi connectivity index (χ2v) is 12.5. The summed E-state index contributed by atoms with van der Waals surface area (Å²) in [6.07, 6.45) is -0.523. The second-order valence-electron chi connectivity index (χ2n) is 12.5. The highest BCUT2D eigenvalue weighted by atomic mass is 16.3. The molecule has 226 valence electrons. The number of nitrogens with zero attached hydrogens (tertiary/aromatic N) is 3. The van der Waals surface area contributed by atoms with Crippen molar-refractivity contribution in [2.24, 2.45) is 28.5 Å². The molecule has 4 rings (SSSR count). The number of hydrogen-bond acceptors (Lipinski definition) is 12. The number of fused-ring (bicyclic) bond motifs is 3. The number of nitrogens with two attached hydrogens (primary N) is 3. The second kappa shape index (κ2) is 10.1. The minimum Gasteiger partial charge on any atom is -0.509 e. The van der Waals surface area contributed by atoms with Gasteiger partial charge >= 0.3 is 0 Å². The molecule has 0 spiro atoms. The van der Waals surface area contributed by atoms with Crippen LogP contribution in [0.1, 0.15) is 37.0 Å². The Bertz CT molecular complexity index is 1510. The smallest absolute Gasteiger partial charge is 0.255 e. The number of amides is 1. The number of benzene rings is 1. The van der Waals surface area contributed by atoms with Crippen molar-refractivity contribution in [3.63, 3.8) is 0 Å². The zero-order valence-electron chi connectivity index (χ0n) is 24.7. The highest BCUT2D eigenvalue weighted by molar-refractivity contribution is 6.25. The molecule has 0 aliphatic heterocycles. The van der Waals surface area contributed by atoms with E-state index in [4.69, 9.17) is 17.2 Å². The van der Waals surface area contributed by atoms with E-state index in [2.05, 4.69) is 5.32 Å². The standard InChI is InChI=1S/C29H39N7O6/c1-13(2)9-34-10-14-7-16(35(3)4)15-8-27(32)11-29(33)23(36(5)6)22(39)18(26(31)42)24(40)28(29,12-30)25(41)19(27)21(38)17(15)20(14)37/h7,13,23,34,37-38,40H,8-11,32-33H2,1-6H3,(H2,31,42)/t23-,27-,28+,29-/m1/s1. The van der Waals surface area contributed by atoms with Gasteiger partial charge in [0, 0.05) is 31.9 Å². The monoisotopic (exact) mass is 581 g/mol. The Kier molecular flexibility index (Phi) is 7.45. The van der Waals surface area contributed by atoms with Gasteiger partial charge in [-0.05, 0) is 51.0 Å². The average Bonchev–Trinajstić information content (AvgIpc) is 2.83. The van der Waals surface area contributed by atoms with E-state index in [1.807, 2.05) is 13.8 Å². The van der Waals surface area contributed by atoms with Gasteiger partial charge in [-0.1, -0.05) is 13.8 Å². The van der Waals surface area contributed by atoms with Crippen molar-refractivity contribution in [2.75, 3.05) is 39.6 Å². The van der Waals surface area contributed by atoms with Gasteiger partial charge in [-0.25, -0.2) is 0 Å². The van der Waals surface area contributed by atoms with Crippen molar-refractivity contribution in [2.45, 2.75) is 50.4 Å². The van der Waals surface area contributed by atoms with E-state index >= 15 is 0 Å². The number of nitriles is 1. The zero-order chi connectivity index (χ0) is 31.7. The maximum absolute atomic E-state index is 14.5. The molecule has 0 heterocycles. The summed E-state index contributed by atoms with van der Waals surface area (Å²) in [7, 11) is 6.52. The van der Waals surface area contributed by atoms with Crippen LogP contribution in [-0.2, 0) is 27.3 Å². The molecule has 4 atom stereocenters. The molecule has 0 unspecified atom stereocenters. The van der Waals surface area contributed by atoms with Crippen LogP contribution in [0.5, 0.6) is 5.75 Å². The van der Waals surface area contributed by atoms with Gasteiger partial charge in [-0.15, -0.1) is 0 Å². The van der Waals surface area contributed by atoms with Crippen LogP contribution in [0.25, 0.3) is 5.76 Å². The van der Waals surface area contributed by atoms with Crippen LogP contribution in [0.2, 0.25) is 0 Å². The average molecular weight is 582 g/mol. The molecule has 13 heteroatoms. The van der Waals surface area contributed by atoms with Crippen molar-refractivity contribution in [1.29, 1.82) is 5.26 Å². The largest absolute Gasteiger partial charge is 0.509 e. The first kappa shape index (κ1) is 31.0. The molecule has 1 aromatic carbocycles. The number of phenols is 1. The minimum absolute atomic E-state index is 0.0285. The lowest BCUT2D eigenvalue weighted by Gasteiger charge is -2.58.